The molecule has 0 radical (unpaired) electrons. The van der Waals surface area contributed by atoms with Crippen molar-refractivity contribution in [1.29, 1.82) is 0 Å². The van der Waals surface area contributed by atoms with Gasteiger partial charge in [0.15, 0.2) is 0 Å². The molecule has 0 saturated carbocycles. The van der Waals surface area contributed by atoms with Gasteiger partial charge in [-0.25, -0.2) is 4.79 Å². The second kappa shape index (κ2) is 4.08. The molecule has 0 aliphatic heterocycles. The number of carboxylic acid groups (broad SMARTS) is 1. The van der Waals surface area contributed by atoms with Gasteiger partial charge in [-0.3, -0.25) is 0 Å². The van der Waals surface area contributed by atoms with Crippen LogP contribution < -0.4 is 0 Å². The van der Waals surface area contributed by atoms with Crippen molar-refractivity contribution in [2.45, 2.75) is 26.7 Å². The third-order valence-electron chi connectivity index (χ3n) is 2.21. The third-order valence-corrected chi connectivity index (χ3v) is 2.21. The van der Waals surface area contributed by atoms with Crippen LogP contribution in [0.15, 0.2) is 18.2 Å². The highest BCUT2D eigenvalue weighted by Crippen LogP contribution is 2.16. The van der Waals surface area contributed by atoms with Crippen LogP contribution in [-0.2, 0) is 12.8 Å². The summed E-state index contributed by atoms with van der Waals surface area (Å²) in [6.45, 7) is 3.95. The zero-order valence-corrected chi connectivity index (χ0v) is 8.00. The molecule has 13 heavy (non-hydrogen) atoms. The van der Waals surface area contributed by atoms with Crippen molar-refractivity contribution in [2.24, 2.45) is 0 Å². The summed E-state index contributed by atoms with van der Waals surface area (Å²) in [5, 5.41) is 9.01. The average molecular weight is 178 g/mol. The van der Waals surface area contributed by atoms with E-state index in [0.29, 0.717) is 5.56 Å². The zero-order chi connectivity index (χ0) is 9.84. The molecule has 0 aliphatic rings. The van der Waals surface area contributed by atoms with Gasteiger partial charge >= 0.3 is 5.97 Å². The monoisotopic (exact) mass is 178 g/mol. The predicted molar refractivity (Wildman–Crippen MR) is 52.2 cm³/mol. The highest BCUT2D eigenvalue weighted by Gasteiger charge is 2.12. The average Bonchev–Trinajstić information content (AvgIpc) is 2.16. The van der Waals surface area contributed by atoms with Gasteiger partial charge < -0.3 is 5.11 Å². The van der Waals surface area contributed by atoms with E-state index < -0.39 is 5.97 Å². The number of carboxylic acids is 1. The van der Waals surface area contributed by atoms with Crippen molar-refractivity contribution >= 4 is 5.97 Å². The van der Waals surface area contributed by atoms with Crippen molar-refractivity contribution in [3.63, 3.8) is 0 Å². The smallest absolute Gasteiger partial charge is 0.336 e. The summed E-state index contributed by atoms with van der Waals surface area (Å²) in [6, 6.07) is 5.68. The molecule has 0 aliphatic carbocycles. The Hall–Kier alpha value is -1.31. The van der Waals surface area contributed by atoms with Crippen molar-refractivity contribution in [3.8, 4) is 0 Å². The molecule has 0 aromatic heterocycles. The molecule has 1 N–H and O–H groups in total. The van der Waals surface area contributed by atoms with Crippen LogP contribution in [0.3, 0.4) is 0 Å². The first-order valence-electron chi connectivity index (χ1n) is 4.54. The fourth-order valence-electron chi connectivity index (χ4n) is 1.52. The maximum Gasteiger partial charge on any atom is 0.336 e. The van der Waals surface area contributed by atoms with Crippen LogP contribution in [0.1, 0.15) is 35.3 Å². The Morgan fingerprint density at radius 1 is 1.23 bits per heavy atom. The Bertz CT molecular complexity index is 294. The third kappa shape index (κ3) is 1.89. The fourth-order valence-corrected chi connectivity index (χ4v) is 1.52. The molecule has 0 unspecified atom stereocenters. The molecule has 2 nitrogen and oxygen atoms in total. The first-order chi connectivity index (χ1) is 6.20. The second-order valence-electron chi connectivity index (χ2n) is 2.96. The van der Waals surface area contributed by atoms with E-state index in [2.05, 4.69) is 0 Å². The summed E-state index contributed by atoms with van der Waals surface area (Å²) in [5.41, 5.74) is 2.34. The lowest BCUT2D eigenvalue weighted by atomic mass is 9.98. The molecule has 0 bridgehead atoms. The maximum atomic E-state index is 11.0. The molecular weight excluding hydrogens is 164 g/mol. The van der Waals surface area contributed by atoms with Crippen LogP contribution in [-0.4, -0.2) is 11.1 Å². The Kier molecular flexibility index (Phi) is 3.07. The number of benzene rings is 1. The molecule has 0 saturated heterocycles. The van der Waals surface area contributed by atoms with E-state index in [0.717, 1.165) is 24.0 Å². The van der Waals surface area contributed by atoms with Crippen LogP contribution in [0.4, 0.5) is 0 Å². The van der Waals surface area contributed by atoms with Crippen molar-refractivity contribution in [3.05, 3.63) is 34.9 Å². The van der Waals surface area contributed by atoms with Gasteiger partial charge in [0.1, 0.15) is 0 Å². The van der Waals surface area contributed by atoms with Gasteiger partial charge in [-0.05, 0) is 24.0 Å². The van der Waals surface area contributed by atoms with E-state index in [4.69, 9.17) is 5.11 Å². The van der Waals surface area contributed by atoms with E-state index in [9.17, 15) is 4.79 Å². The standard InChI is InChI=1S/C11H14O2/c1-3-8-6-5-7-9(4-2)10(8)11(12)13/h5-7H,3-4H2,1-2H3,(H,12,13). The quantitative estimate of drug-likeness (QED) is 0.772. The zero-order valence-electron chi connectivity index (χ0n) is 8.00. The van der Waals surface area contributed by atoms with E-state index in [1.807, 2.05) is 32.0 Å². The van der Waals surface area contributed by atoms with Gasteiger partial charge in [0, 0.05) is 0 Å². The van der Waals surface area contributed by atoms with E-state index in [1.54, 1.807) is 0 Å². The maximum absolute atomic E-state index is 11.0. The Balaban J connectivity index is 3.29. The van der Waals surface area contributed by atoms with Crippen LogP contribution in [0, 0.1) is 0 Å². The van der Waals surface area contributed by atoms with Gasteiger partial charge in [-0.15, -0.1) is 0 Å². The Morgan fingerprint density at radius 2 is 1.69 bits per heavy atom. The molecule has 0 heterocycles. The summed E-state index contributed by atoms with van der Waals surface area (Å²) in [4.78, 5) is 11.0. The predicted octanol–water partition coefficient (Wildman–Crippen LogP) is 2.51. The second-order valence-corrected chi connectivity index (χ2v) is 2.96. The van der Waals surface area contributed by atoms with Crippen LogP contribution in [0.25, 0.3) is 0 Å². The molecule has 1 aromatic carbocycles. The van der Waals surface area contributed by atoms with E-state index in [-0.39, 0.29) is 0 Å². The molecule has 1 rings (SSSR count). The first-order valence-corrected chi connectivity index (χ1v) is 4.54. The summed E-state index contributed by atoms with van der Waals surface area (Å²) in [5.74, 6) is -0.811. The molecule has 2 heteroatoms. The van der Waals surface area contributed by atoms with Gasteiger partial charge in [-0.2, -0.15) is 0 Å². The highest BCUT2D eigenvalue weighted by molar-refractivity contribution is 5.91. The largest absolute Gasteiger partial charge is 0.478 e. The van der Waals surface area contributed by atoms with Gasteiger partial charge in [-0.1, -0.05) is 32.0 Å². The van der Waals surface area contributed by atoms with Crippen LogP contribution in [0.5, 0.6) is 0 Å². The SMILES string of the molecule is CCc1cccc(CC)c1C(=O)O. The molecule has 0 atom stereocenters. The highest BCUT2D eigenvalue weighted by atomic mass is 16.4. The summed E-state index contributed by atoms with van der Waals surface area (Å²) in [6.07, 6.45) is 1.55. The summed E-state index contributed by atoms with van der Waals surface area (Å²) >= 11 is 0. The minimum absolute atomic E-state index is 0.493. The minimum Gasteiger partial charge on any atom is -0.478 e. The number of hydrogen-bond donors (Lipinski definition) is 1. The van der Waals surface area contributed by atoms with Gasteiger partial charge in [0.05, 0.1) is 5.56 Å². The van der Waals surface area contributed by atoms with E-state index >= 15 is 0 Å². The lowest BCUT2D eigenvalue weighted by molar-refractivity contribution is 0.0694. The summed E-state index contributed by atoms with van der Waals surface area (Å²) in [7, 11) is 0. The van der Waals surface area contributed by atoms with Crippen molar-refractivity contribution in [2.75, 3.05) is 0 Å². The number of hydrogen-bond acceptors (Lipinski definition) is 1. The summed E-state index contributed by atoms with van der Waals surface area (Å²) < 4.78 is 0. The molecule has 0 spiro atoms. The molecular formula is C11H14O2. The molecule has 0 fully saturated rings. The first kappa shape index (κ1) is 9.78. The van der Waals surface area contributed by atoms with Gasteiger partial charge in [0.2, 0.25) is 0 Å². The topological polar surface area (TPSA) is 37.3 Å². The lowest BCUT2D eigenvalue weighted by Crippen LogP contribution is -2.06. The van der Waals surface area contributed by atoms with Crippen molar-refractivity contribution in [1.82, 2.24) is 0 Å². The van der Waals surface area contributed by atoms with Gasteiger partial charge in [0.25, 0.3) is 0 Å². The number of rotatable bonds is 3. The van der Waals surface area contributed by atoms with Crippen molar-refractivity contribution < 1.29 is 9.90 Å². The number of carbonyl (C=O) groups is 1. The fraction of sp³-hybridized carbons (Fsp3) is 0.364. The number of aromatic carboxylic acids is 1. The normalized spacial score (nSPS) is 10.0. The van der Waals surface area contributed by atoms with Crippen LogP contribution >= 0.6 is 0 Å². The van der Waals surface area contributed by atoms with Crippen LogP contribution in [0.2, 0.25) is 0 Å². The van der Waals surface area contributed by atoms with E-state index in [1.165, 1.54) is 0 Å². The lowest BCUT2D eigenvalue weighted by Gasteiger charge is -2.07. The molecule has 1 aromatic rings. The Morgan fingerprint density at radius 3 is 2.00 bits per heavy atom. The minimum atomic E-state index is -0.811. The Labute approximate surface area is 78.2 Å². The molecule has 70 valence electrons. The molecule has 0 amide bonds. The number of aryl methyl sites for hydroxylation is 2.